The molecule has 0 saturated heterocycles. The summed E-state index contributed by atoms with van der Waals surface area (Å²) in [6, 6.07) is 47.4. The first-order valence-electron chi connectivity index (χ1n) is 13.6. The Hall–Kier alpha value is -5.41. The van der Waals surface area contributed by atoms with Gasteiger partial charge in [-0.3, -0.25) is 0 Å². The molecular weight excluding hydrogens is 486 g/mol. The summed E-state index contributed by atoms with van der Waals surface area (Å²) in [4.78, 5) is 8.51. The van der Waals surface area contributed by atoms with Gasteiger partial charge in [0.2, 0.25) is 0 Å². The maximum atomic E-state index is 4.77. The van der Waals surface area contributed by atoms with Crippen LogP contribution in [0.15, 0.2) is 146 Å². The number of imidazole rings is 1. The summed E-state index contributed by atoms with van der Waals surface area (Å²) in [7, 11) is 0. The van der Waals surface area contributed by atoms with Crippen molar-refractivity contribution >= 4 is 27.3 Å². The van der Waals surface area contributed by atoms with E-state index in [1.165, 1.54) is 44.0 Å². The Morgan fingerprint density at radius 2 is 1.23 bits per heavy atom. The lowest BCUT2D eigenvalue weighted by Gasteiger charge is -2.08. The molecule has 3 nitrogen and oxygen atoms in total. The van der Waals surface area contributed by atoms with Crippen molar-refractivity contribution in [2.75, 3.05) is 0 Å². The van der Waals surface area contributed by atoms with Crippen molar-refractivity contribution in [3.63, 3.8) is 0 Å². The molecule has 3 heterocycles. The van der Waals surface area contributed by atoms with Crippen LogP contribution in [0.3, 0.4) is 0 Å². The van der Waals surface area contributed by atoms with Crippen molar-refractivity contribution in [1.29, 1.82) is 0 Å². The molecule has 0 aliphatic carbocycles. The lowest BCUT2D eigenvalue weighted by molar-refractivity contribution is 1.19. The third kappa shape index (κ3) is 3.79. The molecule has 40 heavy (non-hydrogen) atoms. The van der Waals surface area contributed by atoms with Gasteiger partial charge < -0.3 is 9.38 Å². The molecule has 1 N–H and O–H groups in total. The minimum absolute atomic E-state index is 0.956. The molecule has 5 aromatic carbocycles. The normalized spacial score (nSPS) is 11.5. The highest BCUT2D eigenvalue weighted by Crippen LogP contribution is 2.40. The number of aromatic nitrogens is 3. The van der Waals surface area contributed by atoms with E-state index in [0.717, 1.165) is 28.1 Å². The van der Waals surface area contributed by atoms with E-state index in [1.54, 1.807) is 0 Å². The predicted molar refractivity (Wildman–Crippen MR) is 166 cm³/mol. The number of hydrogen-bond donors (Lipinski definition) is 1. The van der Waals surface area contributed by atoms with Gasteiger partial charge in [0, 0.05) is 34.4 Å². The van der Waals surface area contributed by atoms with E-state index in [2.05, 4.69) is 131 Å². The van der Waals surface area contributed by atoms with Gasteiger partial charge in [-0.15, -0.1) is 0 Å². The Kier molecular flexibility index (Phi) is 5.14. The minimum Gasteiger partial charge on any atom is -0.354 e. The standard InChI is InChI=1S/C37H25N3/c1-3-9-27(10-4-1)36-32-22-31-21-29(18-19-30(31)23-33(32)39-37(36)28-11-5-2-6-12-28)25-14-16-26(17-15-25)34-24-40-20-8-7-13-35(40)38-34/h1-24,39H. The van der Waals surface area contributed by atoms with E-state index < -0.39 is 0 Å². The molecule has 3 aromatic heterocycles. The van der Waals surface area contributed by atoms with Crippen molar-refractivity contribution in [3.05, 3.63) is 146 Å². The van der Waals surface area contributed by atoms with E-state index in [-0.39, 0.29) is 0 Å². The van der Waals surface area contributed by atoms with Crippen LogP contribution in [-0.2, 0) is 0 Å². The van der Waals surface area contributed by atoms with Crippen molar-refractivity contribution in [2.45, 2.75) is 0 Å². The zero-order valence-corrected chi connectivity index (χ0v) is 21.8. The van der Waals surface area contributed by atoms with E-state index >= 15 is 0 Å². The third-order valence-corrected chi connectivity index (χ3v) is 7.76. The molecule has 188 valence electrons. The fraction of sp³-hybridized carbons (Fsp3) is 0. The summed E-state index contributed by atoms with van der Waals surface area (Å²) in [6.07, 6.45) is 4.11. The highest BCUT2D eigenvalue weighted by Gasteiger charge is 2.16. The van der Waals surface area contributed by atoms with Crippen LogP contribution in [0.2, 0.25) is 0 Å². The van der Waals surface area contributed by atoms with Crippen LogP contribution in [0.1, 0.15) is 0 Å². The van der Waals surface area contributed by atoms with Gasteiger partial charge in [-0.05, 0) is 63.4 Å². The Bertz CT molecular complexity index is 2100. The van der Waals surface area contributed by atoms with Crippen LogP contribution >= 0.6 is 0 Å². The largest absolute Gasteiger partial charge is 0.354 e. The molecule has 0 bridgehead atoms. The molecular formula is C37H25N3. The minimum atomic E-state index is 0.956. The second kappa shape index (κ2) is 9.11. The quantitative estimate of drug-likeness (QED) is 0.251. The Morgan fingerprint density at radius 3 is 2.00 bits per heavy atom. The average molecular weight is 512 g/mol. The lowest BCUT2D eigenvalue weighted by Crippen LogP contribution is -1.83. The Labute approximate surface area is 232 Å². The fourth-order valence-corrected chi connectivity index (χ4v) is 5.75. The molecule has 0 unspecified atom stereocenters. The number of nitrogens with zero attached hydrogens (tertiary/aromatic N) is 2. The number of benzene rings is 5. The summed E-state index contributed by atoms with van der Waals surface area (Å²) < 4.78 is 2.06. The molecule has 0 fully saturated rings. The smallest absolute Gasteiger partial charge is 0.137 e. The van der Waals surface area contributed by atoms with Gasteiger partial charge in [-0.25, -0.2) is 4.98 Å². The van der Waals surface area contributed by atoms with Crippen LogP contribution < -0.4 is 0 Å². The third-order valence-electron chi connectivity index (χ3n) is 7.76. The number of pyridine rings is 1. The van der Waals surface area contributed by atoms with E-state index in [0.29, 0.717) is 0 Å². The van der Waals surface area contributed by atoms with Gasteiger partial charge in [0.1, 0.15) is 5.65 Å². The molecule has 0 saturated carbocycles. The summed E-state index contributed by atoms with van der Waals surface area (Å²) in [6.45, 7) is 0. The van der Waals surface area contributed by atoms with E-state index in [9.17, 15) is 0 Å². The van der Waals surface area contributed by atoms with Crippen molar-refractivity contribution in [2.24, 2.45) is 0 Å². The summed E-state index contributed by atoms with van der Waals surface area (Å²) in [5, 5.41) is 3.68. The molecule has 0 aliphatic rings. The Morgan fingerprint density at radius 1 is 0.525 bits per heavy atom. The number of H-pyrrole nitrogens is 1. The van der Waals surface area contributed by atoms with Gasteiger partial charge in [-0.1, -0.05) is 103 Å². The van der Waals surface area contributed by atoms with Gasteiger partial charge >= 0.3 is 0 Å². The number of rotatable bonds is 4. The summed E-state index contributed by atoms with van der Waals surface area (Å²) in [5.41, 5.74) is 11.4. The number of aromatic amines is 1. The first-order valence-corrected chi connectivity index (χ1v) is 13.6. The van der Waals surface area contributed by atoms with Gasteiger partial charge in [0.25, 0.3) is 0 Å². The van der Waals surface area contributed by atoms with Crippen LogP contribution in [0.5, 0.6) is 0 Å². The fourth-order valence-electron chi connectivity index (χ4n) is 5.75. The van der Waals surface area contributed by atoms with Gasteiger partial charge in [0.15, 0.2) is 0 Å². The van der Waals surface area contributed by atoms with Crippen LogP contribution in [0.25, 0.3) is 72.1 Å². The Balaban J connectivity index is 1.23. The van der Waals surface area contributed by atoms with Crippen molar-refractivity contribution < 1.29 is 0 Å². The van der Waals surface area contributed by atoms with E-state index in [1.807, 2.05) is 24.4 Å². The first-order chi connectivity index (χ1) is 19.8. The van der Waals surface area contributed by atoms with Crippen molar-refractivity contribution in [3.8, 4) is 44.8 Å². The second-order valence-electron chi connectivity index (χ2n) is 10.2. The molecule has 0 aliphatic heterocycles. The summed E-state index contributed by atoms with van der Waals surface area (Å²) >= 11 is 0. The average Bonchev–Trinajstić information content (AvgIpc) is 3.62. The van der Waals surface area contributed by atoms with Crippen LogP contribution in [-0.4, -0.2) is 14.4 Å². The van der Waals surface area contributed by atoms with E-state index in [4.69, 9.17) is 4.98 Å². The first kappa shape index (κ1) is 22.6. The lowest BCUT2D eigenvalue weighted by atomic mass is 9.95. The highest BCUT2D eigenvalue weighted by molar-refractivity contribution is 6.09. The van der Waals surface area contributed by atoms with Crippen LogP contribution in [0.4, 0.5) is 0 Å². The molecule has 0 radical (unpaired) electrons. The monoisotopic (exact) mass is 511 g/mol. The molecule has 0 amide bonds. The topological polar surface area (TPSA) is 33.1 Å². The number of fused-ring (bicyclic) bond motifs is 3. The zero-order valence-electron chi connectivity index (χ0n) is 21.8. The van der Waals surface area contributed by atoms with Gasteiger partial charge in [-0.2, -0.15) is 0 Å². The molecule has 8 rings (SSSR count). The number of hydrogen-bond acceptors (Lipinski definition) is 1. The molecule has 0 atom stereocenters. The maximum Gasteiger partial charge on any atom is 0.137 e. The maximum absolute atomic E-state index is 4.77. The molecule has 0 spiro atoms. The van der Waals surface area contributed by atoms with Gasteiger partial charge in [0.05, 0.1) is 11.4 Å². The highest BCUT2D eigenvalue weighted by atomic mass is 15.0. The molecule has 8 aromatic rings. The van der Waals surface area contributed by atoms with Crippen molar-refractivity contribution in [1.82, 2.24) is 14.4 Å². The SMILES string of the molecule is c1ccc(-c2[nH]c3cc4ccc(-c5ccc(-c6cn7ccccc7n6)cc5)cc4cc3c2-c2ccccc2)cc1. The second-order valence-corrected chi connectivity index (χ2v) is 10.2. The molecule has 3 heteroatoms. The summed E-state index contributed by atoms with van der Waals surface area (Å²) in [5.74, 6) is 0. The zero-order chi connectivity index (χ0) is 26.5. The van der Waals surface area contributed by atoms with Crippen LogP contribution in [0, 0.1) is 0 Å². The predicted octanol–water partition coefficient (Wildman–Crippen LogP) is 9.64. The number of nitrogens with one attached hydrogen (secondary N) is 1.